The van der Waals surface area contributed by atoms with E-state index in [-0.39, 0.29) is 6.10 Å². The molecule has 0 bridgehead atoms. The number of hydrogen-bond acceptors (Lipinski definition) is 3. The molecule has 1 aromatic rings. The number of hydrogen-bond donors (Lipinski definition) is 1. The Morgan fingerprint density at radius 1 is 1.47 bits per heavy atom. The molecule has 0 amide bonds. The summed E-state index contributed by atoms with van der Waals surface area (Å²) in [4.78, 5) is 0. The summed E-state index contributed by atoms with van der Waals surface area (Å²) in [6, 6.07) is 7.90. The van der Waals surface area contributed by atoms with Gasteiger partial charge in [0.2, 0.25) is 0 Å². The molecule has 1 aromatic carbocycles. The lowest BCUT2D eigenvalue weighted by atomic mass is 10.2. The molecule has 2 rings (SSSR count). The zero-order valence-corrected chi connectivity index (χ0v) is 8.82. The van der Waals surface area contributed by atoms with Crippen molar-refractivity contribution < 1.29 is 9.47 Å². The zero-order valence-electron chi connectivity index (χ0n) is 8.82. The first-order valence-corrected chi connectivity index (χ1v) is 5.42. The smallest absolute Gasteiger partial charge is 0.119 e. The highest BCUT2D eigenvalue weighted by molar-refractivity contribution is 5.28. The Hall–Kier alpha value is -1.06. The minimum atomic E-state index is 0.270. The van der Waals surface area contributed by atoms with Crippen LogP contribution < -0.4 is 10.5 Å². The van der Waals surface area contributed by atoms with Gasteiger partial charge in [-0.25, -0.2) is 0 Å². The molecule has 0 saturated carbocycles. The molecule has 15 heavy (non-hydrogen) atoms. The molecule has 3 nitrogen and oxygen atoms in total. The average molecular weight is 207 g/mol. The van der Waals surface area contributed by atoms with Gasteiger partial charge in [-0.15, -0.1) is 0 Å². The van der Waals surface area contributed by atoms with Crippen molar-refractivity contribution in [1.29, 1.82) is 0 Å². The van der Waals surface area contributed by atoms with E-state index < -0.39 is 0 Å². The van der Waals surface area contributed by atoms with Gasteiger partial charge in [-0.1, -0.05) is 12.1 Å². The minimum absolute atomic E-state index is 0.270. The van der Waals surface area contributed by atoms with Gasteiger partial charge in [-0.05, 0) is 30.5 Å². The highest BCUT2D eigenvalue weighted by Crippen LogP contribution is 2.16. The molecule has 0 aliphatic carbocycles. The molecule has 0 radical (unpaired) electrons. The Labute approximate surface area is 90.2 Å². The first-order chi connectivity index (χ1) is 7.38. The fraction of sp³-hybridized carbons (Fsp3) is 0.500. The summed E-state index contributed by atoms with van der Waals surface area (Å²) in [5.74, 6) is 0.883. The summed E-state index contributed by atoms with van der Waals surface area (Å²) in [5.41, 5.74) is 6.65. The number of benzene rings is 1. The summed E-state index contributed by atoms with van der Waals surface area (Å²) >= 11 is 0. The third-order valence-corrected chi connectivity index (χ3v) is 2.59. The standard InChI is InChI=1S/C12H17NO2/c13-8-10-3-1-4-11(7-10)15-9-12-5-2-6-14-12/h1,3-4,7,12H,2,5-6,8-9,13H2. The van der Waals surface area contributed by atoms with E-state index in [9.17, 15) is 0 Å². The summed E-state index contributed by atoms with van der Waals surface area (Å²) in [6.07, 6.45) is 2.53. The van der Waals surface area contributed by atoms with Gasteiger partial charge in [0.05, 0.1) is 6.10 Å². The summed E-state index contributed by atoms with van der Waals surface area (Å²) in [5, 5.41) is 0. The quantitative estimate of drug-likeness (QED) is 0.817. The van der Waals surface area contributed by atoms with Crippen LogP contribution in [0.1, 0.15) is 18.4 Å². The van der Waals surface area contributed by atoms with Crippen molar-refractivity contribution in [1.82, 2.24) is 0 Å². The molecule has 1 saturated heterocycles. The molecule has 82 valence electrons. The Morgan fingerprint density at radius 3 is 3.13 bits per heavy atom. The molecule has 0 spiro atoms. The van der Waals surface area contributed by atoms with Gasteiger partial charge >= 0.3 is 0 Å². The van der Waals surface area contributed by atoms with E-state index in [1.54, 1.807) is 0 Å². The van der Waals surface area contributed by atoms with Crippen molar-refractivity contribution >= 4 is 0 Å². The Kier molecular flexibility index (Phi) is 3.59. The Bertz CT molecular complexity index is 308. The van der Waals surface area contributed by atoms with Crippen LogP contribution in [0.3, 0.4) is 0 Å². The van der Waals surface area contributed by atoms with Gasteiger partial charge in [0.15, 0.2) is 0 Å². The highest BCUT2D eigenvalue weighted by atomic mass is 16.5. The van der Waals surface area contributed by atoms with E-state index in [1.807, 2.05) is 24.3 Å². The van der Waals surface area contributed by atoms with Gasteiger partial charge in [-0.3, -0.25) is 0 Å². The lowest BCUT2D eigenvalue weighted by Gasteiger charge is -2.11. The highest BCUT2D eigenvalue weighted by Gasteiger charge is 2.15. The van der Waals surface area contributed by atoms with Crippen molar-refractivity contribution in [2.24, 2.45) is 5.73 Å². The van der Waals surface area contributed by atoms with E-state index in [4.69, 9.17) is 15.2 Å². The second kappa shape index (κ2) is 5.14. The minimum Gasteiger partial charge on any atom is -0.491 e. The number of ether oxygens (including phenoxy) is 2. The van der Waals surface area contributed by atoms with Gasteiger partial charge in [0.1, 0.15) is 12.4 Å². The lowest BCUT2D eigenvalue weighted by molar-refractivity contribution is 0.0679. The lowest BCUT2D eigenvalue weighted by Crippen LogP contribution is -2.16. The van der Waals surface area contributed by atoms with E-state index in [2.05, 4.69) is 0 Å². The number of nitrogens with two attached hydrogens (primary N) is 1. The van der Waals surface area contributed by atoms with Crippen LogP contribution in [0, 0.1) is 0 Å². The predicted molar refractivity (Wildman–Crippen MR) is 58.8 cm³/mol. The first kappa shape index (κ1) is 10.5. The van der Waals surface area contributed by atoms with Gasteiger partial charge in [-0.2, -0.15) is 0 Å². The van der Waals surface area contributed by atoms with Crippen molar-refractivity contribution in [3.63, 3.8) is 0 Å². The predicted octanol–water partition coefficient (Wildman–Crippen LogP) is 1.70. The van der Waals surface area contributed by atoms with Crippen LogP contribution in [0.5, 0.6) is 5.75 Å². The molecular weight excluding hydrogens is 190 g/mol. The van der Waals surface area contributed by atoms with E-state index in [0.717, 1.165) is 30.8 Å². The van der Waals surface area contributed by atoms with Crippen molar-refractivity contribution in [3.8, 4) is 5.75 Å². The first-order valence-electron chi connectivity index (χ1n) is 5.42. The van der Waals surface area contributed by atoms with Crippen LogP contribution in [-0.2, 0) is 11.3 Å². The van der Waals surface area contributed by atoms with Gasteiger partial charge in [0.25, 0.3) is 0 Å². The molecule has 1 fully saturated rings. The zero-order chi connectivity index (χ0) is 10.5. The van der Waals surface area contributed by atoms with Gasteiger partial charge in [0, 0.05) is 13.2 Å². The third kappa shape index (κ3) is 2.94. The van der Waals surface area contributed by atoms with E-state index >= 15 is 0 Å². The maximum atomic E-state index is 5.65. The number of rotatable bonds is 4. The molecule has 1 heterocycles. The van der Waals surface area contributed by atoms with Crippen LogP contribution in [0.2, 0.25) is 0 Å². The fourth-order valence-corrected chi connectivity index (χ4v) is 1.73. The van der Waals surface area contributed by atoms with Crippen LogP contribution in [0.4, 0.5) is 0 Å². The SMILES string of the molecule is NCc1cccc(OCC2CCCO2)c1. The molecule has 1 atom stereocenters. The van der Waals surface area contributed by atoms with Crippen LogP contribution in [0.15, 0.2) is 24.3 Å². The van der Waals surface area contributed by atoms with Crippen LogP contribution in [-0.4, -0.2) is 19.3 Å². The van der Waals surface area contributed by atoms with Crippen molar-refractivity contribution in [3.05, 3.63) is 29.8 Å². The maximum absolute atomic E-state index is 5.65. The normalized spacial score (nSPS) is 20.5. The average Bonchev–Trinajstić information content (AvgIpc) is 2.79. The molecule has 3 heteroatoms. The molecule has 2 N–H and O–H groups in total. The summed E-state index contributed by atoms with van der Waals surface area (Å²) in [7, 11) is 0. The van der Waals surface area contributed by atoms with Crippen LogP contribution in [0.25, 0.3) is 0 Å². The Balaban J connectivity index is 1.86. The summed E-state index contributed by atoms with van der Waals surface area (Å²) in [6.45, 7) is 2.07. The van der Waals surface area contributed by atoms with Gasteiger partial charge < -0.3 is 15.2 Å². The molecular formula is C12H17NO2. The fourth-order valence-electron chi connectivity index (χ4n) is 1.73. The van der Waals surface area contributed by atoms with Crippen molar-refractivity contribution in [2.75, 3.05) is 13.2 Å². The summed E-state index contributed by atoms with van der Waals surface area (Å²) < 4.78 is 11.1. The molecule has 0 aromatic heterocycles. The largest absolute Gasteiger partial charge is 0.491 e. The Morgan fingerprint density at radius 2 is 2.40 bits per heavy atom. The van der Waals surface area contributed by atoms with Crippen molar-refractivity contribution in [2.45, 2.75) is 25.5 Å². The van der Waals surface area contributed by atoms with E-state index in [0.29, 0.717) is 13.2 Å². The second-order valence-corrected chi connectivity index (χ2v) is 3.80. The third-order valence-electron chi connectivity index (χ3n) is 2.59. The monoisotopic (exact) mass is 207 g/mol. The van der Waals surface area contributed by atoms with E-state index in [1.165, 1.54) is 0 Å². The molecule has 1 aliphatic heterocycles. The topological polar surface area (TPSA) is 44.5 Å². The molecule has 1 unspecified atom stereocenters. The molecule has 1 aliphatic rings. The van der Waals surface area contributed by atoms with Crippen LogP contribution >= 0.6 is 0 Å². The maximum Gasteiger partial charge on any atom is 0.119 e. The second-order valence-electron chi connectivity index (χ2n) is 3.80.